The molecule has 2 aliphatic rings. The highest BCUT2D eigenvalue weighted by Gasteiger charge is 2.55. The largest absolute Gasteiger partial charge is 0.324 e. The van der Waals surface area contributed by atoms with Crippen LogP contribution in [0.25, 0.3) is 0 Å². The van der Waals surface area contributed by atoms with Gasteiger partial charge in [-0.1, -0.05) is 40.6 Å². The van der Waals surface area contributed by atoms with Crippen LogP contribution in [0.15, 0.2) is 52.8 Å². The molecule has 3 amide bonds. The molecule has 1 N–H and O–H groups in total. The molecule has 2 heterocycles. The summed E-state index contributed by atoms with van der Waals surface area (Å²) in [6, 6.07) is 11.0. The third-order valence-corrected chi connectivity index (χ3v) is 5.11. The van der Waals surface area contributed by atoms with Gasteiger partial charge < -0.3 is 5.32 Å². The standard InChI is InChI=1S/C21H21N5O3/c1-12-4-7-15(8-5-12)26-20(28)18-19(21(26)29)25(24-23-18)11-17(27)22-16-9-6-13(2)10-14(16)3/h4-10,18-19H,11H2,1-3H3,(H,22,27). The summed E-state index contributed by atoms with van der Waals surface area (Å²) in [5.41, 5.74) is 4.26. The zero-order valence-electron chi connectivity index (χ0n) is 16.4. The molecule has 0 saturated carbocycles. The normalized spacial score (nSPS) is 20.4. The summed E-state index contributed by atoms with van der Waals surface area (Å²) in [4.78, 5) is 39.3. The van der Waals surface area contributed by atoms with E-state index in [-0.39, 0.29) is 12.5 Å². The fraction of sp³-hybridized carbons (Fsp3) is 0.286. The second-order valence-corrected chi connectivity index (χ2v) is 7.41. The summed E-state index contributed by atoms with van der Waals surface area (Å²) in [6.07, 6.45) is 0. The number of hydrogen-bond donors (Lipinski definition) is 1. The van der Waals surface area contributed by atoms with Crippen LogP contribution in [0.1, 0.15) is 16.7 Å². The molecule has 1 saturated heterocycles. The van der Waals surface area contributed by atoms with Gasteiger partial charge in [0, 0.05) is 5.69 Å². The van der Waals surface area contributed by atoms with Gasteiger partial charge in [-0.2, -0.15) is 5.11 Å². The van der Waals surface area contributed by atoms with Crippen LogP contribution in [0.2, 0.25) is 0 Å². The Balaban J connectivity index is 1.49. The number of rotatable bonds is 4. The Morgan fingerprint density at radius 3 is 2.38 bits per heavy atom. The molecule has 0 aromatic heterocycles. The number of anilines is 2. The minimum absolute atomic E-state index is 0.168. The lowest BCUT2D eigenvalue weighted by Crippen LogP contribution is -2.43. The van der Waals surface area contributed by atoms with Gasteiger partial charge >= 0.3 is 0 Å². The molecular formula is C21H21N5O3. The summed E-state index contributed by atoms with van der Waals surface area (Å²) < 4.78 is 0. The molecule has 148 valence electrons. The summed E-state index contributed by atoms with van der Waals surface area (Å²) in [7, 11) is 0. The topological polar surface area (TPSA) is 94.4 Å². The third kappa shape index (κ3) is 3.37. The lowest BCUT2D eigenvalue weighted by atomic mass is 10.1. The van der Waals surface area contributed by atoms with Crippen LogP contribution in [-0.2, 0) is 14.4 Å². The SMILES string of the molecule is Cc1ccc(N2C(=O)C3N=NN(CC(=O)Nc4ccc(C)cc4C)C3C2=O)cc1. The molecule has 1 fully saturated rings. The van der Waals surface area contributed by atoms with E-state index in [1.807, 2.05) is 51.1 Å². The van der Waals surface area contributed by atoms with Crippen LogP contribution in [0.5, 0.6) is 0 Å². The van der Waals surface area contributed by atoms with Crippen molar-refractivity contribution in [3.63, 3.8) is 0 Å². The molecule has 29 heavy (non-hydrogen) atoms. The van der Waals surface area contributed by atoms with Crippen molar-refractivity contribution in [1.29, 1.82) is 0 Å². The first-order valence-corrected chi connectivity index (χ1v) is 9.34. The fourth-order valence-electron chi connectivity index (χ4n) is 3.59. The molecule has 0 spiro atoms. The lowest BCUT2D eigenvalue weighted by Gasteiger charge is -2.20. The smallest absolute Gasteiger partial charge is 0.263 e. The van der Waals surface area contributed by atoms with E-state index in [4.69, 9.17) is 0 Å². The molecule has 0 radical (unpaired) electrons. The number of imide groups is 1. The van der Waals surface area contributed by atoms with Crippen LogP contribution in [-0.4, -0.2) is 41.4 Å². The number of nitrogens with one attached hydrogen (secondary N) is 1. The molecule has 2 aromatic rings. The maximum absolute atomic E-state index is 12.9. The molecule has 2 atom stereocenters. The van der Waals surface area contributed by atoms with Gasteiger partial charge in [0.25, 0.3) is 11.8 Å². The highest BCUT2D eigenvalue weighted by molar-refractivity contribution is 6.25. The van der Waals surface area contributed by atoms with E-state index in [1.54, 1.807) is 12.1 Å². The molecule has 0 bridgehead atoms. The molecule has 4 rings (SSSR count). The predicted molar refractivity (Wildman–Crippen MR) is 107 cm³/mol. The van der Waals surface area contributed by atoms with E-state index in [2.05, 4.69) is 15.7 Å². The van der Waals surface area contributed by atoms with Gasteiger partial charge in [0.1, 0.15) is 6.54 Å². The Bertz CT molecular complexity index is 1030. The fourth-order valence-corrected chi connectivity index (χ4v) is 3.59. The minimum Gasteiger partial charge on any atom is -0.324 e. The summed E-state index contributed by atoms with van der Waals surface area (Å²) in [6.45, 7) is 5.65. The predicted octanol–water partition coefficient (Wildman–Crippen LogP) is 2.54. The van der Waals surface area contributed by atoms with Crippen molar-refractivity contribution in [1.82, 2.24) is 5.01 Å². The summed E-state index contributed by atoms with van der Waals surface area (Å²) >= 11 is 0. The number of amides is 3. The number of hydrogen-bond acceptors (Lipinski definition) is 6. The average Bonchev–Trinajstić information content (AvgIpc) is 3.19. The quantitative estimate of drug-likeness (QED) is 0.811. The Hall–Kier alpha value is -3.55. The Kier molecular flexibility index (Phi) is 4.62. The Morgan fingerprint density at radius 1 is 1.00 bits per heavy atom. The van der Waals surface area contributed by atoms with Crippen molar-refractivity contribution in [2.24, 2.45) is 10.3 Å². The Morgan fingerprint density at radius 2 is 1.69 bits per heavy atom. The minimum atomic E-state index is -0.919. The van der Waals surface area contributed by atoms with E-state index < -0.39 is 23.9 Å². The average molecular weight is 391 g/mol. The molecule has 2 aromatic carbocycles. The molecule has 8 nitrogen and oxygen atoms in total. The van der Waals surface area contributed by atoms with Crippen molar-refractivity contribution in [2.75, 3.05) is 16.8 Å². The van der Waals surface area contributed by atoms with Crippen LogP contribution in [0, 0.1) is 20.8 Å². The summed E-state index contributed by atoms with van der Waals surface area (Å²) in [5, 5.41) is 12.0. The first kappa shape index (κ1) is 18.8. The van der Waals surface area contributed by atoms with E-state index in [9.17, 15) is 14.4 Å². The van der Waals surface area contributed by atoms with Crippen molar-refractivity contribution < 1.29 is 14.4 Å². The van der Waals surface area contributed by atoms with Gasteiger partial charge in [0.2, 0.25) is 5.91 Å². The highest BCUT2D eigenvalue weighted by atomic mass is 16.2. The summed E-state index contributed by atoms with van der Waals surface area (Å²) in [5.74, 6) is -1.18. The van der Waals surface area contributed by atoms with Crippen molar-refractivity contribution >= 4 is 29.1 Å². The first-order chi connectivity index (χ1) is 13.8. The van der Waals surface area contributed by atoms with Crippen molar-refractivity contribution in [2.45, 2.75) is 32.9 Å². The first-order valence-electron chi connectivity index (χ1n) is 9.34. The number of benzene rings is 2. The highest BCUT2D eigenvalue weighted by Crippen LogP contribution is 2.31. The number of aryl methyl sites for hydroxylation is 3. The van der Waals surface area contributed by atoms with Gasteiger partial charge in [-0.25, -0.2) is 4.90 Å². The van der Waals surface area contributed by atoms with E-state index in [0.717, 1.165) is 21.6 Å². The number of carbonyl (C=O) groups excluding carboxylic acids is 3. The van der Waals surface area contributed by atoms with Crippen LogP contribution in [0.4, 0.5) is 11.4 Å². The third-order valence-electron chi connectivity index (χ3n) is 5.11. The van der Waals surface area contributed by atoms with Crippen LogP contribution >= 0.6 is 0 Å². The molecule has 0 aliphatic carbocycles. The second kappa shape index (κ2) is 7.12. The molecule has 2 aliphatic heterocycles. The maximum atomic E-state index is 12.9. The van der Waals surface area contributed by atoms with E-state index in [0.29, 0.717) is 11.4 Å². The molecule has 8 heteroatoms. The number of fused-ring (bicyclic) bond motifs is 1. The Labute approximate surface area is 168 Å². The van der Waals surface area contributed by atoms with Crippen molar-refractivity contribution in [3.8, 4) is 0 Å². The van der Waals surface area contributed by atoms with Gasteiger partial charge in [-0.3, -0.25) is 19.4 Å². The second-order valence-electron chi connectivity index (χ2n) is 7.41. The van der Waals surface area contributed by atoms with E-state index >= 15 is 0 Å². The van der Waals surface area contributed by atoms with Crippen molar-refractivity contribution in [3.05, 3.63) is 59.2 Å². The van der Waals surface area contributed by atoms with Gasteiger partial charge in [-0.15, -0.1) is 0 Å². The van der Waals surface area contributed by atoms with Crippen LogP contribution < -0.4 is 10.2 Å². The van der Waals surface area contributed by atoms with Gasteiger partial charge in [0.05, 0.1) is 5.69 Å². The number of carbonyl (C=O) groups is 3. The maximum Gasteiger partial charge on any atom is 0.263 e. The zero-order valence-corrected chi connectivity index (χ0v) is 16.4. The van der Waals surface area contributed by atoms with Gasteiger partial charge in [-0.05, 0) is 44.5 Å². The molecular weight excluding hydrogens is 370 g/mol. The zero-order chi connectivity index (χ0) is 20.7. The van der Waals surface area contributed by atoms with Gasteiger partial charge in [0.15, 0.2) is 12.1 Å². The van der Waals surface area contributed by atoms with E-state index in [1.165, 1.54) is 5.01 Å². The van der Waals surface area contributed by atoms with Crippen LogP contribution in [0.3, 0.4) is 0 Å². The molecule has 2 unspecified atom stereocenters. The lowest BCUT2D eigenvalue weighted by molar-refractivity contribution is -0.123. The number of nitrogens with zero attached hydrogens (tertiary/aromatic N) is 4. The monoisotopic (exact) mass is 391 g/mol.